The normalized spacial score (nSPS) is 12.5. The molecule has 0 aliphatic carbocycles. The van der Waals surface area contributed by atoms with Crippen molar-refractivity contribution in [3.63, 3.8) is 0 Å². The summed E-state index contributed by atoms with van der Waals surface area (Å²) in [5.41, 5.74) is 2.43. The predicted octanol–water partition coefficient (Wildman–Crippen LogP) is 6.20. The van der Waals surface area contributed by atoms with Crippen molar-refractivity contribution in [2.75, 3.05) is 0 Å². The molecule has 1 unspecified atom stereocenters. The number of rotatable bonds is 12. The minimum Gasteiger partial charge on any atom is -0.389 e. The van der Waals surface area contributed by atoms with Gasteiger partial charge in [-0.3, -0.25) is 0 Å². The second-order valence-corrected chi connectivity index (χ2v) is 6.31. The van der Waals surface area contributed by atoms with Crippen LogP contribution in [0.3, 0.4) is 0 Å². The van der Waals surface area contributed by atoms with Crippen molar-refractivity contribution in [3.05, 3.63) is 35.4 Å². The first-order chi connectivity index (χ1) is 10.3. The molecule has 1 rings (SSSR count). The largest absolute Gasteiger partial charge is 0.389 e. The van der Waals surface area contributed by atoms with Crippen molar-refractivity contribution in [2.45, 2.75) is 90.6 Å². The summed E-state index contributed by atoms with van der Waals surface area (Å²) < 4.78 is 0. The van der Waals surface area contributed by atoms with E-state index < -0.39 is 0 Å². The zero-order valence-electron chi connectivity index (χ0n) is 14.1. The highest BCUT2D eigenvalue weighted by Crippen LogP contribution is 2.20. The molecule has 0 heterocycles. The molecule has 1 nitrogen and oxygen atoms in total. The monoisotopic (exact) mass is 290 g/mol. The summed E-state index contributed by atoms with van der Waals surface area (Å²) in [5.74, 6) is 0. The maximum atomic E-state index is 9.77. The fourth-order valence-corrected chi connectivity index (χ4v) is 2.97. The van der Waals surface area contributed by atoms with Crippen LogP contribution in [0.1, 0.15) is 95.3 Å². The number of unbranched alkanes of at least 4 members (excludes halogenated alkanes) is 9. The highest BCUT2D eigenvalue weighted by atomic mass is 16.3. The van der Waals surface area contributed by atoms with Crippen molar-refractivity contribution in [3.8, 4) is 0 Å². The van der Waals surface area contributed by atoms with E-state index in [1.807, 2.05) is 13.0 Å². The van der Waals surface area contributed by atoms with Crippen LogP contribution < -0.4 is 0 Å². The van der Waals surface area contributed by atoms with Crippen molar-refractivity contribution < 1.29 is 5.11 Å². The number of benzene rings is 1. The van der Waals surface area contributed by atoms with Crippen LogP contribution in [0.25, 0.3) is 0 Å². The van der Waals surface area contributed by atoms with Gasteiger partial charge in [0.05, 0.1) is 6.10 Å². The van der Waals surface area contributed by atoms with Gasteiger partial charge < -0.3 is 5.11 Å². The summed E-state index contributed by atoms with van der Waals surface area (Å²) in [6.45, 7) is 4.13. The van der Waals surface area contributed by atoms with E-state index in [9.17, 15) is 5.11 Å². The van der Waals surface area contributed by atoms with Crippen LogP contribution in [0.5, 0.6) is 0 Å². The smallest absolute Gasteiger partial charge is 0.0764 e. The molecular weight excluding hydrogens is 256 g/mol. The molecule has 1 aromatic rings. The second-order valence-electron chi connectivity index (χ2n) is 6.31. The van der Waals surface area contributed by atoms with Gasteiger partial charge in [0, 0.05) is 0 Å². The van der Waals surface area contributed by atoms with E-state index in [1.54, 1.807) is 0 Å². The van der Waals surface area contributed by atoms with Gasteiger partial charge in [0.2, 0.25) is 0 Å². The van der Waals surface area contributed by atoms with Crippen molar-refractivity contribution in [1.82, 2.24) is 0 Å². The Bertz CT molecular complexity index is 357. The molecular formula is C20H34O. The maximum Gasteiger partial charge on any atom is 0.0764 e. The lowest BCUT2D eigenvalue weighted by Gasteiger charge is -2.11. The van der Waals surface area contributed by atoms with E-state index in [0.717, 1.165) is 12.0 Å². The van der Waals surface area contributed by atoms with Crippen LogP contribution in [0.2, 0.25) is 0 Å². The summed E-state index contributed by atoms with van der Waals surface area (Å²) >= 11 is 0. The third-order valence-electron chi connectivity index (χ3n) is 4.30. The number of aliphatic hydroxyl groups excluding tert-OH is 1. The predicted molar refractivity (Wildman–Crippen MR) is 92.6 cm³/mol. The highest BCUT2D eigenvalue weighted by Gasteiger charge is 2.06. The van der Waals surface area contributed by atoms with Gasteiger partial charge in [0.1, 0.15) is 0 Å². The molecule has 0 aliphatic heterocycles. The molecule has 21 heavy (non-hydrogen) atoms. The number of aryl methyl sites for hydroxylation is 1. The Balaban J connectivity index is 2.04. The summed E-state index contributed by atoms with van der Waals surface area (Å²) in [5, 5.41) is 9.77. The van der Waals surface area contributed by atoms with Crippen molar-refractivity contribution in [2.24, 2.45) is 0 Å². The second kappa shape index (κ2) is 11.8. The van der Waals surface area contributed by atoms with Gasteiger partial charge in [-0.15, -0.1) is 0 Å². The first-order valence-corrected chi connectivity index (χ1v) is 9.01. The zero-order chi connectivity index (χ0) is 15.3. The van der Waals surface area contributed by atoms with Crippen molar-refractivity contribution in [1.29, 1.82) is 0 Å². The van der Waals surface area contributed by atoms with E-state index >= 15 is 0 Å². The first-order valence-electron chi connectivity index (χ1n) is 9.01. The molecule has 0 aliphatic rings. The number of aliphatic hydroxyl groups is 1. The topological polar surface area (TPSA) is 20.2 Å². The van der Waals surface area contributed by atoms with E-state index in [4.69, 9.17) is 0 Å². The van der Waals surface area contributed by atoms with Gasteiger partial charge in [0.25, 0.3) is 0 Å². The van der Waals surface area contributed by atoms with E-state index in [-0.39, 0.29) is 6.10 Å². The third kappa shape index (κ3) is 8.26. The molecule has 1 atom stereocenters. The number of hydrogen-bond donors (Lipinski definition) is 1. The van der Waals surface area contributed by atoms with E-state index in [0.29, 0.717) is 0 Å². The average molecular weight is 290 g/mol. The summed E-state index contributed by atoms with van der Waals surface area (Å²) in [6.07, 6.45) is 14.5. The molecule has 0 spiro atoms. The lowest BCUT2D eigenvalue weighted by atomic mass is 9.97. The van der Waals surface area contributed by atoms with Crippen LogP contribution in [0.4, 0.5) is 0 Å². The standard InChI is InChI=1S/C20H34O/c1-3-4-5-6-7-8-9-10-11-12-15-19-16-13-14-17-20(19)18(2)21/h13-14,16-18,21H,3-12,15H2,1-2H3. The Morgan fingerprint density at radius 2 is 1.33 bits per heavy atom. The molecule has 0 bridgehead atoms. The SMILES string of the molecule is CCCCCCCCCCCCc1ccccc1C(C)O. The zero-order valence-corrected chi connectivity index (χ0v) is 14.1. The molecule has 0 saturated heterocycles. The lowest BCUT2D eigenvalue weighted by Crippen LogP contribution is -1.98. The highest BCUT2D eigenvalue weighted by molar-refractivity contribution is 5.28. The third-order valence-corrected chi connectivity index (χ3v) is 4.30. The first kappa shape index (κ1) is 18.2. The Hall–Kier alpha value is -0.820. The van der Waals surface area contributed by atoms with Crippen LogP contribution in [-0.4, -0.2) is 5.11 Å². The quantitative estimate of drug-likeness (QED) is 0.454. The van der Waals surface area contributed by atoms with E-state index in [1.165, 1.54) is 69.8 Å². The molecule has 0 radical (unpaired) electrons. The van der Waals surface area contributed by atoms with Gasteiger partial charge in [-0.2, -0.15) is 0 Å². The van der Waals surface area contributed by atoms with Crippen molar-refractivity contribution >= 4 is 0 Å². The lowest BCUT2D eigenvalue weighted by molar-refractivity contribution is 0.198. The summed E-state index contributed by atoms with van der Waals surface area (Å²) in [7, 11) is 0. The molecule has 0 saturated carbocycles. The van der Waals surface area contributed by atoms with Gasteiger partial charge in [-0.25, -0.2) is 0 Å². The summed E-state index contributed by atoms with van der Waals surface area (Å²) in [4.78, 5) is 0. The van der Waals surface area contributed by atoms with Crippen LogP contribution in [0, 0.1) is 0 Å². The fraction of sp³-hybridized carbons (Fsp3) is 0.700. The molecule has 120 valence electrons. The number of hydrogen-bond acceptors (Lipinski definition) is 1. The van der Waals surface area contributed by atoms with Gasteiger partial charge in [0.15, 0.2) is 0 Å². The molecule has 1 aromatic carbocycles. The Labute approximate surface area is 131 Å². The Morgan fingerprint density at radius 3 is 1.90 bits per heavy atom. The van der Waals surface area contributed by atoms with Crippen LogP contribution >= 0.6 is 0 Å². The van der Waals surface area contributed by atoms with Crippen LogP contribution in [0.15, 0.2) is 24.3 Å². The molecule has 0 fully saturated rings. The average Bonchev–Trinajstić information content (AvgIpc) is 2.49. The minimum absolute atomic E-state index is 0.343. The fourth-order valence-electron chi connectivity index (χ4n) is 2.97. The Morgan fingerprint density at radius 1 is 0.810 bits per heavy atom. The molecule has 1 heteroatoms. The van der Waals surface area contributed by atoms with Gasteiger partial charge in [-0.1, -0.05) is 89.0 Å². The van der Waals surface area contributed by atoms with Gasteiger partial charge in [-0.05, 0) is 30.9 Å². The Kier molecular flexibility index (Phi) is 10.2. The maximum absolute atomic E-state index is 9.77. The van der Waals surface area contributed by atoms with E-state index in [2.05, 4.69) is 25.1 Å². The summed E-state index contributed by atoms with van der Waals surface area (Å²) in [6, 6.07) is 8.31. The molecule has 0 amide bonds. The molecule has 1 N–H and O–H groups in total. The molecule has 0 aromatic heterocycles. The minimum atomic E-state index is -0.343. The van der Waals surface area contributed by atoms with Crippen LogP contribution in [-0.2, 0) is 6.42 Å². The van der Waals surface area contributed by atoms with Gasteiger partial charge >= 0.3 is 0 Å².